The Bertz CT molecular complexity index is 1130. The Hall–Kier alpha value is -3.74. The van der Waals surface area contributed by atoms with E-state index in [1.54, 1.807) is 37.9 Å². The number of hydrogen-bond donors (Lipinski definition) is 3. The van der Waals surface area contributed by atoms with Gasteiger partial charge in [-0.3, -0.25) is 9.78 Å². The minimum absolute atomic E-state index is 0.235. The first-order valence-electron chi connectivity index (χ1n) is 8.08. The van der Waals surface area contributed by atoms with Crippen LogP contribution in [0.3, 0.4) is 0 Å². The highest BCUT2D eigenvalue weighted by atomic mass is 16.1. The summed E-state index contributed by atoms with van der Waals surface area (Å²) in [6.07, 6.45) is 6.61. The first-order chi connectivity index (χ1) is 12.7. The number of aromatic amines is 1. The Balaban J connectivity index is 1.76. The zero-order valence-corrected chi connectivity index (χ0v) is 14.0. The molecule has 0 fully saturated rings. The van der Waals surface area contributed by atoms with Crippen molar-refractivity contribution in [2.75, 3.05) is 17.7 Å². The average Bonchev–Trinajstić information content (AvgIpc) is 2.70. The van der Waals surface area contributed by atoms with Crippen LogP contribution < -0.4 is 16.2 Å². The molecule has 0 aliphatic heterocycles. The van der Waals surface area contributed by atoms with E-state index in [0.29, 0.717) is 23.0 Å². The lowest BCUT2D eigenvalue weighted by molar-refractivity contribution is 1.17. The largest absolute Gasteiger partial charge is 0.372 e. The van der Waals surface area contributed by atoms with Gasteiger partial charge in [0.2, 0.25) is 0 Å². The van der Waals surface area contributed by atoms with E-state index in [-0.39, 0.29) is 5.56 Å². The third-order valence-corrected chi connectivity index (χ3v) is 4.02. The lowest BCUT2D eigenvalue weighted by Crippen LogP contribution is -2.12. The maximum Gasteiger partial charge on any atom is 0.271 e. The Labute approximate surface area is 149 Å². The van der Waals surface area contributed by atoms with Crippen LogP contribution in [0.25, 0.3) is 22.0 Å². The second kappa shape index (κ2) is 6.64. The Morgan fingerprint density at radius 1 is 1.12 bits per heavy atom. The van der Waals surface area contributed by atoms with E-state index in [9.17, 15) is 4.79 Å². The van der Waals surface area contributed by atoms with Gasteiger partial charge in [0.25, 0.3) is 5.56 Å². The number of fused-ring (bicyclic) bond motifs is 1. The molecule has 0 amide bonds. The molecule has 3 N–H and O–H groups in total. The first kappa shape index (κ1) is 15.8. The van der Waals surface area contributed by atoms with Gasteiger partial charge < -0.3 is 15.6 Å². The van der Waals surface area contributed by atoms with Crippen molar-refractivity contribution in [2.24, 2.45) is 0 Å². The highest BCUT2D eigenvalue weighted by Gasteiger charge is 2.09. The summed E-state index contributed by atoms with van der Waals surface area (Å²) in [6.45, 7) is 0. The SMILES string of the molecule is CNc1cncc(-c2c[nH]c(=O)c(Nc3nccc4ccccc34)c2)n1. The molecule has 4 rings (SSSR count). The number of hydrogen-bond acceptors (Lipinski definition) is 6. The van der Waals surface area contributed by atoms with Crippen molar-refractivity contribution in [1.29, 1.82) is 0 Å². The molecule has 7 nitrogen and oxygen atoms in total. The predicted molar refractivity (Wildman–Crippen MR) is 103 cm³/mol. The molecule has 3 heterocycles. The second-order valence-corrected chi connectivity index (χ2v) is 5.68. The maximum atomic E-state index is 12.3. The Morgan fingerprint density at radius 2 is 2.00 bits per heavy atom. The van der Waals surface area contributed by atoms with Crippen LogP contribution in [-0.2, 0) is 0 Å². The molecular formula is C19H16N6O. The maximum absolute atomic E-state index is 12.3. The van der Waals surface area contributed by atoms with Gasteiger partial charge in [-0.1, -0.05) is 24.3 Å². The molecular weight excluding hydrogens is 328 g/mol. The zero-order valence-electron chi connectivity index (χ0n) is 14.0. The van der Waals surface area contributed by atoms with E-state index in [2.05, 4.69) is 30.6 Å². The van der Waals surface area contributed by atoms with Crippen LogP contribution in [0, 0.1) is 0 Å². The number of aromatic nitrogens is 4. The van der Waals surface area contributed by atoms with Gasteiger partial charge in [-0.15, -0.1) is 0 Å². The fraction of sp³-hybridized carbons (Fsp3) is 0.0526. The molecule has 0 unspecified atom stereocenters. The van der Waals surface area contributed by atoms with E-state index < -0.39 is 0 Å². The molecule has 0 saturated carbocycles. The van der Waals surface area contributed by atoms with Crippen LogP contribution in [0.4, 0.5) is 17.3 Å². The minimum atomic E-state index is -0.235. The molecule has 0 aliphatic carbocycles. The van der Waals surface area contributed by atoms with Crippen molar-refractivity contribution in [1.82, 2.24) is 19.9 Å². The monoisotopic (exact) mass is 344 g/mol. The van der Waals surface area contributed by atoms with Crippen LogP contribution in [0.1, 0.15) is 0 Å². The molecule has 7 heteroatoms. The van der Waals surface area contributed by atoms with E-state index in [4.69, 9.17) is 0 Å². The van der Waals surface area contributed by atoms with Crippen LogP contribution in [-0.4, -0.2) is 27.0 Å². The molecule has 3 aromatic heterocycles. The molecule has 0 atom stereocenters. The van der Waals surface area contributed by atoms with Gasteiger partial charge in [-0.05, 0) is 17.5 Å². The Morgan fingerprint density at radius 3 is 2.88 bits per heavy atom. The van der Waals surface area contributed by atoms with Gasteiger partial charge in [0, 0.05) is 30.4 Å². The van der Waals surface area contributed by atoms with Crippen LogP contribution in [0.15, 0.2) is 66.0 Å². The van der Waals surface area contributed by atoms with Gasteiger partial charge in [0.05, 0.1) is 18.1 Å². The van der Waals surface area contributed by atoms with Crippen molar-refractivity contribution in [3.63, 3.8) is 0 Å². The van der Waals surface area contributed by atoms with E-state index >= 15 is 0 Å². The summed E-state index contributed by atoms with van der Waals surface area (Å²) in [5.41, 5.74) is 1.56. The van der Waals surface area contributed by atoms with Crippen molar-refractivity contribution in [2.45, 2.75) is 0 Å². The summed E-state index contributed by atoms with van der Waals surface area (Å²) < 4.78 is 0. The van der Waals surface area contributed by atoms with Crippen molar-refractivity contribution in [3.05, 3.63) is 71.5 Å². The van der Waals surface area contributed by atoms with E-state index in [0.717, 1.165) is 16.3 Å². The number of benzene rings is 1. The zero-order chi connectivity index (χ0) is 17.9. The van der Waals surface area contributed by atoms with Crippen molar-refractivity contribution in [3.8, 4) is 11.3 Å². The standard InChI is InChI=1S/C19H16N6O/c1-20-17-11-21-10-16(24-17)13-8-15(19(26)23-9-13)25-18-14-5-3-2-4-12(14)6-7-22-18/h2-11H,1H3,(H,20,24)(H,22,25)(H,23,26). The molecule has 1 aromatic carbocycles. The molecule has 4 aromatic rings. The number of nitrogens with one attached hydrogen (secondary N) is 3. The summed E-state index contributed by atoms with van der Waals surface area (Å²) in [7, 11) is 1.78. The number of pyridine rings is 2. The molecule has 26 heavy (non-hydrogen) atoms. The molecule has 0 aliphatic rings. The summed E-state index contributed by atoms with van der Waals surface area (Å²) >= 11 is 0. The van der Waals surface area contributed by atoms with Gasteiger partial charge >= 0.3 is 0 Å². The Kier molecular flexibility index (Phi) is 4.03. The van der Waals surface area contributed by atoms with Crippen LogP contribution in [0.5, 0.6) is 0 Å². The number of nitrogens with zero attached hydrogens (tertiary/aromatic N) is 3. The van der Waals surface area contributed by atoms with Crippen molar-refractivity contribution >= 4 is 28.1 Å². The topological polar surface area (TPSA) is 95.6 Å². The summed E-state index contributed by atoms with van der Waals surface area (Å²) in [4.78, 5) is 28.0. The number of H-pyrrole nitrogens is 1. The van der Waals surface area contributed by atoms with Crippen LogP contribution >= 0.6 is 0 Å². The minimum Gasteiger partial charge on any atom is -0.372 e. The number of rotatable bonds is 4. The molecule has 0 radical (unpaired) electrons. The van der Waals surface area contributed by atoms with Gasteiger partial charge in [0.1, 0.15) is 17.3 Å². The van der Waals surface area contributed by atoms with E-state index in [1.807, 2.05) is 30.3 Å². The molecule has 0 saturated heterocycles. The van der Waals surface area contributed by atoms with Gasteiger partial charge in [-0.2, -0.15) is 0 Å². The third-order valence-electron chi connectivity index (χ3n) is 4.02. The second-order valence-electron chi connectivity index (χ2n) is 5.68. The highest BCUT2D eigenvalue weighted by molar-refractivity contribution is 5.93. The third kappa shape index (κ3) is 2.98. The van der Waals surface area contributed by atoms with Gasteiger partial charge in [-0.25, -0.2) is 9.97 Å². The quantitative estimate of drug-likeness (QED) is 0.526. The normalized spacial score (nSPS) is 10.7. The number of anilines is 3. The molecule has 0 bridgehead atoms. The van der Waals surface area contributed by atoms with Crippen LogP contribution in [0.2, 0.25) is 0 Å². The predicted octanol–water partition coefficient (Wildman–Crippen LogP) is 3.17. The summed E-state index contributed by atoms with van der Waals surface area (Å²) in [6, 6.07) is 11.5. The van der Waals surface area contributed by atoms with Gasteiger partial charge in [0.15, 0.2) is 0 Å². The first-order valence-corrected chi connectivity index (χ1v) is 8.08. The smallest absolute Gasteiger partial charge is 0.271 e. The van der Waals surface area contributed by atoms with Crippen molar-refractivity contribution < 1.29 is 0 Å². The molecule has 128 valence electrons. The fourth-order valence-corrected chi connectivity index (χ4v) is 2.70. The molecule has 0 spiro atoms. The lowest BCUT2D eigenvalue weighted by atomic mass is 10.1. The summed E-state index contributed by atoms with van der Waals surface area (Å²) in [5.74, 6) is 1.28. The lowest BCUT2D eigenvalue weighted by Gasteiger charge is -2.09. The summed E-state index contributed by atoms with van der Waals surface area (Å²) in [5, 5.41) is 8.08. The highest BCUT2D eigenvalue weighted by Crippen LogP contribution is 2.24. The average molecular weight is 344 g/mol. The van der Waals surface area contributed by atoms with E-state index in [1.165, 1.54) is 0 Å². The fourth-order valence-electron chi connectivity index (χ4n) is 2.70.